The van der Waals surface area contributed by atoms with E-state index >= 15 is 0 Å². The Kier molecular flexibility index (Phi) is 5.30. The molecule has 0 saturated heterocycles. The van der Waals surface area contributed by atoms with Gasteiger partial charge in [0.25, 0.3) is 0 Å². The minimum Gasteiger partial charge on any atom is -0.375 e. The van der Waals surface area contributed by atoms with E-state index in [1.165, 1.54) is 12.8 Å². The lowest BCUT2D eigenvalue weighted by atomic mass is 10.3. The molecule has 0 aliphatic heterocycles. The van der Waals surface area contributed by atoms with Crippen molar-refractivity contribution in [2.75, 3.05) is 6.61 Å². The third-order valence-electron chi connectivity index (χ3n) is 2.04. The third-order valence-corrected chi connectivity index (χ3v) is 2.04. The highest BCUT2D eigenvalue weighted by Gasteiger charge is 1.98. The van der Waals surface area contributed by atoms with Crippen LogP contribution < -0.4 is 0 Å². The summed E-state index contributed by atoms with van der Waals surface area (Å²) >= 11 is 0. The highest BCUT2D eigenvalue weighted by atomic mass is 16.5. The third kappa shape index (κ3) is 3.92. The van der Waals surface area contributed by atoms with Crippen LogP contribution in [0.2, 0.25) is 0 Å². The normalized spacial score (nSPS) is 10.7. The van der Waals surface area contributed by atoms with Gasteiger partial charge in [-0.05, 0) is 18.9 Å². The van der Waals surface area contributed by atoms with Crippen LogP contribution in [0.3, 0.4) is 0 Å². The van der Waals surface area contributed by atoms with Crippen molar-refractivity contribution in [2.24, 2.45) is 0 Å². The summed E-state index contributed by atoms with van der Waals surface area (Å²) in [5.74, 6) is 0. The molecule has 0 aliphatic carbocycles. The first-order chi connectivity index (χ1) is 6.86. The molecule has 1 aromatic rings. The van der Waals surface area contributed by atoms with Crippen molar-refractivity contribution in [1.82, 2.24) is 9.78 Å². The van der Waals surface area contributed by atoms with E-state index in [-0.39, 0.29) is 0 Å². The van der Waals surface area contributed by atoms with E-state index in [0.29, 0.717) is 6.61 Å². The molecule has 0 fully saturated rings. The smallest absolute Gasteiger partial charge is 0.0906 e. The zero-order valence-electron chi connectivity index (χ0n) is 9.20. The van der Waals surface area contributed by atoms with Crippen molar-refractivity contribution < 1.29 is 4.74 Å². The molecule has 0 saturated carbocycles. The van der Waals surface area contributed by atoms with E-state index in [2.05, 4.69) is 18.9 Å². The molecular weight excluding hydrogens is 176 g/mol. The number of hydrogen-bond donors (Lipinski definition) is 0. The largest absolute Gasteiger partial charge is 0.375 e. The number of hydrogen-bond acceptors (Lipinski definition) is 2. The Balaban J connectivity index is 2.27. The van der Waals surface area contributed by atoms with E-state index in [9.17, 15) is 0 Å². The maximum absolute atomic E-state index is 5.41. The van der Waals surface area contributed by atoms with Crippen LogP contribution in [0.5, 0.6) is 0 Å². The molecule has 0 bridgehead atoms. The molecule has 0 amide bonds. The Hall–Kier alpha value is -0.830. The van der Waals surface area contributed by atoms with Gasteiger partial charge in [-0.1, -0.05) is 20.3 Å². The molecule has 3 nitrogen and oxygen atoms in total. The van der Waals surface area contributed by atoms with Gasteiger partial charge in [0.1, 0.15) is 0 Å². The molecule has 1 rings (SSSR count). The van der Waals surface area contributed by atoms with Crippen molar-refractivity contribution in [3.8, 4) is 0 Å². The number of aromatic nitrogens is 2. The number of rotatable bonds is 7. The maximum Gasteiger partial charge on any atom is 0.0906 e. The van der Waals surface area contributed by atoms with Gasteiger partial charge in [-0.25, -0.2) is 0 Å². The summed E-state index contributed by atoms with van der Waals surface area (Å²) in [6, 6.07) is 2.03. The number of unbranched alkanes of at least 4 members (excludes halogenated alkanes) is 1. The van der Waals surface area contributed by atoms with Crippen LogP contribution in [0.1, 0.15) is 38.8 Å². The summed E-state index contributed by atoms with van der Waals surface area (Å²) in [5, 5.41) is 4.41. The van der Waals surface area contributed by atoms with Gasteiger partial charge in [0.15, 0.2) is 0 Å². The average molecular weight is 196 g/mol. The van der Waals surface area contributed by atoms with E-state index < -0.39 is 0 Å². The van der Waals surface area contributed by atoms with Crippen LogP contribution in [0, 0.1) is 0 Å². The van der Waals surface area contributed by atoms with Crippen LogP contribution in [0.15, 0.2) is 12.3 Å². The zero-order valence-corrected chi connectivity index (χ0v) is 9.20. The maximum atomic E-state index is 5.41. The van der Waals surface area contributed by atoms with Crippen molar-refractivity contribution in [1.29, 1.82) is 0 Å². The minimum atomic E-state index is 0.646. The van der Waals surface area contributed by atoms with E-state index in [4.69, 9.17) is 4.74 Å². The average Bonchev–Trinajstić information content (AvgIpc) is 2.63. The quantitative estimate of drug-likeness (QED) is 0.627. The topological polar surface area (TPSA) is 27.1 Å². The van der Waals surface area contributed by atoms with Crippen molar-refractivity contribution in [2.45, 2.75) is 46.3 Å². The molecule has 14 heavy (non-hydrogen) atoms. The molecule has 0 aliphatic rings. The Morgan fingerprint density at radius 2 is 2.21 bits per heavy atom. The van der Waals surface area contributed by atoms with Gasteiger partial charge in [-0.2, -0.15) is 5.10 Å². The number of ether oxygens (including phenoxy) is 1. The molecular formula is C11H20N2O. The second-order valence-corrected chi connectivity index (χ2v) is 3.48. The molecule has 1 heterocycles. The van der Waals surface area contributed by atoms with Crippen molar-refractivity contribution in [3.63, 3.8) is 0 Å². The number of nitrogens with zero attached hydrogens (tertiary/aromatic N) is 2. The molecule has 0 radical (unpaired) electrons. The van der Waals surface area contributed by atoms with Gasteiger partial charge in [-0.15, -0.1) is 0 Å². The fourth-order valence-electron chi connectivity index (χ4n) is 1.25. The van der Waals surface area contributed by atoms with Crippen molar-refractivity contribution in [3.05, 3.63) is 18.0 Å². The Morgan fingerprint density at radius 1 is 1.36 bits per heavy atom. The van der Waals surface area contributed by atoms with Gasteiger partial charge in [-0.3, -0.25) is 4.68 Å². The molecule has 1 aromatic heterocycles. The summed E-state index contributed by atoms with van der Waals surface area (Å²) in [4.78, 5) is 0. The first-order valence-electron chi connectivity index (χ1n) is 5.47. The monoisotopic (exact) mass is 196 g/mol. The van der Waals surface area contributed by atoms with Crippen molar-refractivity contribution >= 4 is 0 Å². The van der Waals surface area contributed by atoms with Gasteiger partial charge < -0.3 is 4.74 Å². The summed E-state index contributed by atoms with van der Waals surface area (Å²) < 4.78 is 7.41. The van der Waals surface area contributed by atoms with E-state index in [1.807, 2.05) is 16.9 Å². The molecule has 80 valence electrons. The second kappa shape index (κ2) is 6.60. The lowest BCUT2D eigenvalue weighted by Crippen LogP contribution is -2.00. The van der Waals surface area contributed by atoms with E-state index in [1.54, 1.807) is 0 Å². The Labute approximate surface area is 86.1 Å². The predicted molar refractivity (Wildman–Crippen MR) is 57.1 cm³/mol. The van der Waals surface area contributed by atoms with Crippen LogP contribution in [-0.4, -0.2) is 16.4 Å². The number of aryl methyl sites for hydroxylation is 1. The summed E-state index contributed by atoms with van der Waals surface area (Å²) in [7, 11) is 0. The predicted octanol–water partition coefficient (Wildman–Crippen LogP) is 2.61. The fraction of sp³-hybridized carbons (Fsp3) is 0.727. The van der Waals surface area contributed by atoms with Crippen LogP contribution in [0.4, 0.5) is 0 Å². The van der Waals surface area contributed by atoms with Crippen LogP contribution in [-0.2, 0) is 17.9 Å². The first-order valence-corrected chi connectivity index (χ1v) is 5.47. The Bertz CT molecular complexity index is 245. The summed E-state index contributed by atoms with van der Waals surface area (Å²) in [6.07, 6.45) is 5.50. The van der Waals surface area contributed by atoms with Crippen LogP contribution in [0.25, 0.3) is 0 Å². The Morgan fingerprint density at radius 3 is 2.93 bits per heavy atom. The van der Waals surface area contributed by atoms with Gasteiger partial charge >= 0.3 is 0 Å². The van der Waals surface area contributed by atoms with Crippen LogP contribution >= 0.6 is 0 Å². The molecule has 0 unspecified atom stereocenters. The first kappa shape index (κ1) is 11.2. The highest BCUT2D eigenvalue weighted by Crippen LogP contribution is 2.00. The van der Waals surface area contributed by atoms with E-state index in [0.717, 1.165) is 25.3 Å². The SMILES string of the molecule is CCCCn1ccc(COCCC)n1. The standard InChI is InChI=1S/C11H20N2O/c1-3-5-7-13-8-6-11(12-13)10-14-9-4-2/h6,8H,3-5,7,9-10H2,1-2H3. The molecule has 0 N–H and O–H groups in total. The highest BCUT2D eigenvalue weighted by molar-refractivity contribution is 4.96. The molecule has 0 atom stereocenters. The zero-order chi connectivity index (χ0) is 10.2. The van der Waals surface area contributed by atoms with Gasteiger partial charge in [0, 0.05) is 19.3 Å². The fourth-order valence-corrected chi connectivity index (χ4v) is 1.25. The minimum absolute atomic E-state index is 0.646. The molecule has 3 heteroatoms. The van der Waals surface area contributed by atoms with Gasteiger partial charge in [0.2, 0.25) is 0 Å². The molecule has 0 spiro atoms. The summed E-state index contributed by atoms with van der Waals surface area (Å²) in [6.45, 7) is 6.79. The summed E-state index contributed by atoms with van der Waals surface area (Å²) in [5.41, 5.74) is 1.04. The molecule has 0 aromatic carbocycles. The van der Waals surface area contributed by atoms with Gasteiger partial charge in [0.05, 0.1) is 12.3 Å². The lowest BCUT2D eigenvalue weighted by Gasteiger charge is -1.99. The lowest BCUT2D eigenvalue weighted by molar-refractivity contribution is 0.118. The second-order valence-electron chi connectivity index (χ2n) is 3.48.